The first-order valence-electron chi connectivity index (χ1n) is 8.65. The topological polar surface area (TPSA) is 67.6 Å². The van der Waals surface area contributed by atoms with Crippen LogP contribution in [-0.2, 0) is 0 Å². The highest BCUT2D eigenvalue weighted by molar-refractivity contribution is 6.42. The van der Waals surface area contributed by atoms with Gasteiger partial charge in [-0.05, 0) is 50.9 Å². The molecule has 2 aromatic rings. The van der Waals surface area contributed by atoms with Gasteiger partial charge in [0.05, 0.1) is 10.0 Å². The predicted molar refractivity (Wildman–Crippen MR) is 98.1 cm³/mol. The number of piperidine rings is 3. The fraction of sp³-hybridized carbons (Fsp3) is 0.444. The van der Waals surface area contributed by atoms with Crippen molar-refractivity contribution in [2.24, 2.45) is 5.92 Å². The second-order valence-electron chi connectivity index (χ2n) is 6.78. The van der Waals surface area contributed by atoms with Crippen molar-refractivity contribution in [2.45, 2.75) is 31.8 Å². The van der Waals surface area contributed by atoms with E-state index in [2.05, 4.69) is 22.1 Å². The van der Waals surface area contributed by atoms with E-state index in [9.17, 15) is 4.79 Å². The lowest BCUT2D eigenvalue weighted by Crippen LogP contribution is -2.62. The highest BCUT2D eigenvalue weighted by atomic mass is 35.5. The maximum atomic E-state index is 12.5. The van der Waals surface area contributed by atoms with E-state index in [1.54, 1.807) is 18.2 Å². The van der Waals surface area contributed by atoms with Crippen molar-refractivity contribution in [1.29, 1.82) is 0 Å². The fourth-order valence-electron chi connectivity index (χ4n) is 3.83. The number of ether oxygens (including phenoxy) is 1. The largest absolute Gasteiger partial charge is 0.425 e. The van der Waals surface area contributed by atoms with Gasteiger partial charge in [-0.1, -0.05) is 23.2 Å². The summed E-state index contributed by atoms with van der Waals surface area (Å²) in [6.07, 6.45) is 3.61. The molecule has 6 nitrogen and oxygen atoms in total. The fourth-order valence-corrected chi connectivity index (χ4v) is 4.11. The standard InChI is InChI=1S/C18H19Cl2N3O3/c1-10-16(11-4-6-23(10)7-5-11)22-17(24)18-21-9-15(26-18)25-12-2-3-13(19)14(20)8-12/h2-3,8-11,16H,4-7H2,1H3,(H,22,24)/t10-,16-/m0/s1. The highest BCUT2D eigenvalue weighted by Gasteiger charge is 2.40. The van der Waals surface area contributed by atoms with Gasteiger partial charge in [0.15, 0.2) is 0 Å². The lowest BCUT2D eigenvalue weighted by molar-refractivity contribution is 0.0209. The number of nitrogens with zero attached hydrogens (tertiary/aromatic N) is 2. The number of oxazole rings is 1. The summed E-state index contributed by atoms with van der Waals surface area (Å²) in [5, 5.41) is 3.89. The van der Waals surface area contributed by atoms with Crippen molar-refractivity contribution >= 4 is 29.1 Å². The molecule has 3 aliphatic heterocycles. The number of fused-ring (bicyclic) bond motifs is 3. The van der Waals surface area contributed by atoms with Crippen LogP contribution in [0.15, 0.2) is 28.8 Å². The zero-order chi connectivity index (χ0) is 18.3. The van der Waals surface area contributed by atoms with E-state index in [1.165, 1.54) is 6.20 Å². The molecular weight excluding hydrogens is 377 g/mol. The lowest BCUT2D eigenvalue weighted by Gasteiger charge is -2.49. The van der Waals surface area contributed by atoms with Gasteiger partial charge in [0.1, 0.15) is 11.9 Å². The zero-order valence-corrected chi connectivity index (χ0v) is 15.8. The number of halogens is 2. The van der Waals surface area contributed by atoms with Crippen LogP contribution in [0.3, 0.4) is 0 Å². The van der Waals surface area contributed by atoms with Gasteiger partial charge in [-0.2, -0.15) is 0 Å². The highest BCUT2D eigenvalue weighted by Crippen LogP contribution is 2.33. The molecule has 2 bridgehead atoms. The third kappa shape index (κ3) is 3.41. The third-order valence-electron chi connectivity index (χ3n) is 5.26. The molecule has 4 heterocycles. The van der Waals surface area contributed by atoms with Crippen molar-refractivity contribution < 1.29 is 13.9 Å². The lowest BCUT2D eigenvalue weighted by atomic mass is 9.79. The Kier molecular flexibility index (Phi) is 4.82. The van der Waals surface area contributed by atoms with Crippen LogP contribution in [0.25, 0.3) is 0 Å². The summed E-state index contributed by atoms with van der Waals surface area (Å²) >= 11 is 11.8. The van der Waals surface area contributed by atoms with Crippen LogP contribution in [0.4, 0.5) is 0 Å². The number of amides is 1. The first-order chi connectivity index (χ1) is 12.5. The predicted octanol–water partition coefficient (Wildman–Crippen LogP) is 3.99. The molecule has 1 N–H and O–H groups in total. The number of nitrogens with one attached hydrogen (secondary N) is 1. The van der Waals surface area contributed by atoms with E-state index < -0.39 is 0 Å². The van der Waals surface area contributed by atoms with Gasteiger partial charge in [0.25, 0.3) is 5.89 Å². The normalized spacial score (nSPS) is 27.3. The summed E-state index contributed by atoms with van der Waals surface area (Å²) < 4.78 is 11.0. The number of carbonyl (C=O) groups excluding carboxylic acids is 1. The molecule has 0 aliphatic carbocycles. The van der Waals surface area contributed by atoms with Gasteiger partial charge >= 0.3 is 11.9 Å². The van der Waals surface area contributed by atoms with Gasteiger partial charge in [0, 0.05) is 18.2 Å². The van der Waals surface area contributed by atoms with Crippen LogP contribution < -0.4 is 10.1 Å². The molecule has 3 aliphatic rings. The summed E-state index contributed by atoms with van der Waals surface area (Å²) in [6, 6.07) is 5.30. The number of aromatic nitrogens is 1. The van der Waals surface area contributed by atoms with Gasteiger partial charge in [-0.3, -0.25) is 9.69 Å². The van der Waals surface area contributed by atoms with Gasteiger partial charge in [0.2, 0.25) is 0 Å². The van der Waals surface area contributed by atoms with E-state index in [4.69, 9.17) is 32.4 Å². The van der Waals surface area contributed by atoms with E-state index in [-0.39, 0.29) is 23.8 Å². The monoisotopic (exact) mass is 395 g/mol. The minimum absolute atomic E-state index is 0.0105. The summed E-state index contributed by atoms with van der Waals surface area (Å²) in [7, 11) is 0. The maximum absolute atomic E-state index is 12.5. The van der Waals surface area contributed by atoms with Crippen LogP contribution >= 0.6 is 23.2 Å². The van der Waals surface area contributed by atoms with E-state index in [1.807, 2.05) is 0 Å². The second-order valence-corrected chi connectivity index (χ2v) is 7.59. The van der Waals surface area contributed by atoms with Crippen LogP contribution in [-0.4, -0.2) is 41.0 Å². The number of hydrogen-bond acceptors (Lipinski definition) is 5. The van der Waals surface area contributed by atoms with E-state index in [0.29, 0.717) is 27.8 Å². The molecular formula is C18H19Cl2N3O3. The smallest absolute Gasteiger partial charge is 0.311 e. The Balaban J connectivity index is 1.42. The Bertz CT molecular complexity index is 816. The Hall–Kier alpha value is -1.76. The molecule has 1 aromatic heterocycles. The van der Waals surface area contributed by atoms with Crippen LogP contribution in [0.2, 0.25) is 10.0 Å². The average Bonchev–Trinajstić information content (AvgIpc) is 3.10. The number of benzene rings is 1. The van der Waals surface area contributed by atoms with E-state index in [0.717, 1.165) is 25.9 Å². The molecule has 138 valence electrons. The van der Waals surface area contributed by atoms with Gasteiger partial charge < -0.3 is 14.5 Å². The second kappa shape index (κ2) is 7.10. The quantitative estimate of drug-likeness (QED) is 0.847. The molecule has 0 spiro atoms. The van der Waals surface area contributed by atoms with Crippen molar-refractivity contribution in [2.75, 3.05) is 13.1 Å². The molecule has 3 saturated heterocycles. The van der Waals surface area contributed by atoms with Gasteiger partial charge in [-0.15, -0.1) is 0 Å². The Morgan fingerprint density at radius 3 is 2.77 bits per heavy atom. The van der Waals surface area contributed by atoms with Crippen LogP contribution in [0.5, 0.6) is 11.7 Å². The minimum Gasteiger partial charge on any atom is -0.425 e. The number of rotatable bonds is 4. The molecule has 0 saturated carbocycles. The third-order valence-corrected chi connectivity index (χ3v) is 6.00. The summed E-state index contributed by atoms with van der Waals surface area (Å²) in [5.74, 6) is 0.758. The molecule has 1 aromatic carbocycles. The number of hydrogen-bond donors (Lipinski definition) is 1. The molecule has 26 heavy (non-hydrogen) atoms. The van der Waals surface area contributed by atoms with Crippen LogP contribution in [0.1, 0.15) is 30.5 Å². The molecule has 5 rings (SSSR count). The Morgan fingerprint density at radius 2 is 2.08 bits per heavy atom. The Labute approximate surface area is 161 Å². The zero-order valence-electron chi connectivity index (χ0n) is 14.2. The van der Waals surface area contributed by atoms with Crippen LogP contribution in [0, 0.1) is 5.92 Å². The molecule has 0 radical (unpaired) electrons. The van der Waals surface area contributed by atoms with Crippen molar-refractivity contribution in [1.82, 2.24) is 15.2 Å². The molecule has 3 fully saturated rings. The summed E-state index contributed by atoms with van der Waals surface area (Å²) in [4.78, 5) is 19.0. The van der Waals surface area contributed by atoms with Crippen molar-refractivity contribution in [3.05, 3.63) is 40.3 Å². The first-order valence-corrected chi connectivity index (χ1v) is 9.40. The maximum Gasteiger partial charge on any atom is 0.311 e. The van der Waals surface area contributed by atoms with E-state index >= 15 is 0 Å². The Morgan fingerprint density at radius 1 is 1.31 bits per heavy atom. The molecule has 0 unspecified atom stereocenters. The molecule has 2 atom stereocenters. The SMILES string of the molecule is C[C@H]1[C@H](NC(=O)c2ncc(Oc3ccc(Cl)c(Cl)c3)o2)C2CCN1CC2. The molecule has 1 amide bonds. The van der Waals surface area contributed by atoms with Crippen molar-refractivity contribution in [3.8, 4) is 11.7 Å². The molecule has 8 heteroatoms. The first kappa shape index (κ1) is 17.6. The summed E-state index contributed by atoms with van der Waals surface area (Å²) in [5.41, 5.74) is 0. The average molecular weight is 396 g/mol. The van der Waals surface area contributed by atoms with Gasteiger partial charge in [-0.25, -0.2) is 4.98 Å². The number of carbonyl (C=O) groups is 1. The summed E-state index contributed by atoms with van der Waals surface area (Å²) in [6.45, 7) is 4.38. The minimum atomic E-state index is -0.320. The van der Waals surface area contributed by atoms with Crippen molar-refractivity contribution in [3.63, 3.8) is 0 Å².